The molecule has 1 aromatic rings. The van der Waals surface area contributed by atoms with E-state index in [0.717, 1.165) is 31.2 Å². The average Bonchev–Trinajstić information content (AvgIpc) is 3.14. The molecule has 0 N–H and O–H groups in total. The van der Waals surface area contributed by atoms with E-state index in [1.54, 1.807) is 6.08 Å². The summed E-state index contributed by atoms with van der Waals surface area (Å²) in [4.78, 5) is 13.1. The maximum absolute atomic E-state index is 13.1. The van der Waals surface area contributed by atoms with Gasteiger partial charge in [-0.1, -0.05) is 49.0 Å². The van der Waals surface area contributed by atoms with E-state index in [1.807, 2.05) is 6.07 Å². The van der Waals surface area contributed by atoms with Crippen LogP contribution in [-0.4, -0.2) is 12.4 Å². The fourth-order valence-electron chi connectivity index (χ4n) is 4.05. The molecule has 23 heavy (non-hydrogen) atoms. The predicted molar refractivity (Wildman–Crippen MR) is 94.9 cm³/mol. The van der Waals surface area contributed by atoms with Gasteiger partial charge in [-0.05, 0) is 43.2 Å². The minimum atomic E-state index is -0.342. The van der Waals surface area contributed by atoms with Crippen LogP contribution in [-0.2, 0) is 6.42 Å². The van der Waals surface area contributed by atoms with Crippen LogP contribution in [0.3, 0.4) is 0 Å². The molecule has 0 saturated heterocycles. The van der Waals surface area contributed by atoms with Crippen molar-refractivity contribution < 1.29 is 9.53 Å². The van der Waals surface area contributed by atoms with E-state index in [-0.39, 0.29) is 11.2 Å². The molecule has 0 spiro atoms. The summed E-state index contributed by atoms with van der Waals surface area (Å²) in [7, 11) is 0. The first-order valence-corrected chi connectivity index (χ1v) is 9.04. The van der Waals surface area contributed by atoms with Gasteiger partial charge in [0.2, 0.25) is 0 Å². The van der Waals surface area contributed by atoms with Gasteiger partial charge in [-0.25, -0.2) is 0 Å². The summed E-state index contributed by atoms with van der Waals surface area (Å²) in [6.45, 7) is 6.28. The summed E-state index contributed by atoms with van der Waals surface area (Å²) in [5.41, 5.74) is 1.25. The van der Waals surface area contributed by atoms with Crippen LogP contribution in [0.25, 0.3) is 0 Å². The van der Waals surface area contributed by atoms with Crippen LogP contribution < -0.4 is 4.74 Å². The Kier molecular flexibility index (Phi) is 4.75. The first kappa shape index (κ1) is 16.9. The number of carbonyl (C=O) groups is 1. The summed E-state index contributed by atoms with van der Waals surface area (Å²) in [5, 5.41) is 0.697. The molecule has 0 radical (unpaired) electrons. The van der Waals surface area contributed by atoms with Crippen LogP contribution in [0.4, 0.5) is 0 Å². The van der Waals surface area contributed by atoms with E-state index in [4.69, 9.17) is 27.9 Å². The maximum atomic E-state index is 13.1. The highest BCUT2D eigenvalue weighted by Gasteiger charge is 2.49. The van der Waals surface area contributed by atoms with Crippen molar-refractivity contribution in [2.45, 2.75) is 45.4 Å². The van der Waals surface area contributed by atoms with Gasteiger partial charge in [0.1, 0.15) is 10.8 Å². The number of ketones is 1. The van der Waals surface area contributed by atoms with Crippen LogP contribution >= 0.6 is 23.2 Å². The lowest BCUT2D eigenvalue weighted by molar-refractivity contribution is 0.0744. The number of halogens is 2. The van der Waals surface area contributed by atoms with Crippen molar-refractivity contribution in [3.8, 4) is 5.75 Å². The summed E-state index contributed by atoms with van der Waals surface area (Å²) in [6.07, 6.45) is 7.96. The van der Waals surface area contributed by atoms with Gasteiger partial charge in [0.15, 0.2) is 5.78 Å². The van der Waals surface area contributed by atoms with Gasteiger partial charge in [-0.2, -0.15) is 0 Å². The number of fused-ring (bicyclic) bond motifs is 1. The van der Waals surface area contributed by atoms with Crippen LogP contribution in [0.5, 0.6) is 5.75 Å². The quantitative estimate of drug-likeness (QED) is 0.488. The van der Waals surface area contributed by atoms with E-state index < -0.39 is 0 Å². The Morgan fingerprint density at radius 3 is 2.70 bits per heavy atom. The highest BCUT2D eigenvalue weighted by Crippen LogP contribution is 2.52. The van der Waals surface area contributed by atoms with Crippen molar-refractivity contribution in [2.24, 2.45) is 11.3 Å². The maximum Gasteiger partial charge on any atom is 0.171 e. The van der Waals surface area contributed by atoms with Gasteiger partial charge >= 0.3 is 0 Å². The number of ether oxygens (including phenoxy) is 1. The topological polar surface area (TPSA) is 26.3 Å². The van der Waals surface area contributed by atoms with Crippen LogP contribution in [0.1, 0.15) is 54.9 Å². The number of rotatable bonds is 5. The monoisotopic (exact) mass is 352 g/mol. The number of benzene rings is 1. The molecule has 2 aliphatic carbocycles. The molecule has 1 unspecified atom stereocenters. The second-order valence-electron chi connectivity index (χ2n) is 6.87. The van der Waals surface area contributed by atoms with Crippen molar-refractivity contribution in [1.82, 2.24) is 0 Å². The smallest absolute Gasteiger partial charge is 0.171 e. The van der Waals surface area contributed by atoms with Crippen molar-refractivity contribution in [3.63, 3.8) is 0 Å². The van der Waals surface area contributed by atoms with E-state index >= 15 is 0 Å². The highest BCUT2D eigenvalue weighted by atomic mass is 35.5. The lowest BCUT2D eigenvalue weighted by atomic mass is 9.73. The number of hydrogen-bond acceptors (Lipinski definition) is 2. The van der Waals surface area contributed by atoms with Crippen LogP contribution in [0.2, 0.25) is 10.0 Å². The number of hydrogen-bond donors (Lipinski definition) is 0. The van der Waals surface area contributed by atoms with Gasteiger partial charge in [0, 0.05) is 11.0 Å². The third kappa shape index (κ3) is 2.81. The predicted octanol–water partition coefficient (Wildman–Crippen LogP) is 5.88. The molecule has 1 atom stereocenters. The minimum Gasteiger partial charge on any atom is -0.492 e. The molecule has 0 heterocycles. The Balaban J connectivity index is 1.94. The van der Waals surface area contributed by atoms with E-state index in [1.165, 1.54) is 12.8 Å². The zero-order valence-electron chi connectivity index (χ0n) is 13.5. The Morgan fingerprint density at radius 2 is 2.04 bits per heavy atom. The zero-order chi connectivity index (χ0) is 16.6. The third-order valence-corrected chi connectivity index (χ3v) is 6.24. The van der Waals surface area contributed by atoms with Crippen molar-refractivity contribution in [1.29, 1.82) is 0 Å². The molecule has 2 nitrogen and oxygen atoms in total. The second kappa shape index (κ2) is 6.49. The van der Waals surface area contributed by atoms with Gasteiger partial charge < -0.3 is 4.74 Å². The fraction of sp³-hybridized carbons (Fsp3) is 0.526. The molecular weight excluding hydrogens is 331 g/mol. The summed E-state index contributed by atoms with van der Waals surface area (Å²) >= 11 is 12.8. The van der Waals surface area contributed by atoms with E-state index in [9.17, 15) is 4.79 Å². The minimum absolute atomic E-state index is 0.156. The van der Waals surface area contributed by atoms with Crippen molar-refractivity contribution >= 4 is 29.0 Å². The first-order chi connectivity index (χ1) is 11.0. The van der Waals surface area contributed by atoms with Gasteiger partial charge in [0.05, 0.1) is 11.6 Å². The van der Waals surface area contributed by atoms with E-state index in [2.05, 4.69) is 13.5 Å². The Bertz CT molecular complexity index is 647. The fourth-order valence-corrected chi connectivity index (χ4v) is 4.55. The van der Waals surface area contributed by atoms with Crippen molar-refractivity contribution in [3.05, 3.63) is 39.9 Å². The third-order valence-electron chi connectivity index (χ3n) is 5.39. The molecule has 1 saturated carbocycles. The SMILES string of the molecule is C=CCCOc1cc2c(c(Cl)c1Cl)C(=O)C(C)(C1CCCC1)C2. The Labute approximate surface area is 147 Å². The Hall–Kier alpha value is -0.990. The molecular formula is C19H22Cl2O2. The van der Waals surface area contributed by atoms with E-state index in [0.29, 0.717) is 33.9 Å². The molecule has 0 bridgehead atoms. The van der Waals surface area contributed by atoms with Gasteiger partial charge in [-0.15, -0.1) is 6.58 Å². The lowest BCUT2D eigenvalue weighted by Crippen LogP contribution is -2.32. The zero-order valence-corrected chi connectivity index (χ0v) is 15.0. The van der Waals surface area contributed by atoms with Crippen molar-refractivity contribution in [2.75, 3.05) is 6.61 Å². The summed E-state index contributed by atoms with van der Waals surface area (Å²) < 4.78 is 5.71. The van der Waals surface area contributed by atoms with Crippen LogP contribution in [0.15, 0.2) is 18.7 Å². The largest absolute Gasteiger partial charge is 0.492 e. The molecule has 0 aromatic heterocycles. The highest BCUT2D eigenvalue weighted by molar-refractivity contribution is 6.45. The molecule has 1 aromatic carbocycles. The van der Waals surface area contributed by atoms with Gasteiger partial charge in [-0.3, -0.25) is 4.79 Å². The van der Waals surface area contributed by atoms with Crippen LogP contribution in [0, 0.1) is 11.3 Å². The summed E-state index contributed by atoms with van der Waals surface area (Å²) in [5.74, 6) is 1.17. The number of carbonyl (C=O) groups excluding carboxylic acids is 1. The molecule has 2 aliphatic rings. The molecule has 0 amide bonds. The molecule has 4 heteroatoms. The standard InChI is InChI=1S/C19H22Cl2O2/c1-3-4-9-23-14-10-12-11-19(2,13-7-5-6-8-13)18(22)15(12)17(21)16(14)20/h3,10,13H,1,4-9,11H2,2H3. The molecule has 1 fully saturated rings. The first-order valence-electron chi connectivity index (χ1n) is 8.28. The second-order valence-corrected chi connectivity index (χ2v) is 7.62. The molecule has 0 aliphatic heterocycles. The number of Topliss-reactive ketones (excluding diaryl/α,β-unsaturated/α-hetero) is 1. The average molecular weight is 353 g/mol. The molecule has 124 valence electrons. The van der Waals surface area contributed by atoms with Gasteiger partial charge in [0.25, 0.3) is 0 Å². The molecule has 3 rings (SSSR count). The normalized spacial score (nSPS) is 24.0. The summed E-state index contributed by atoms with van der Waals surface area (Å²) in [6, 6.07) is 1.91. The lowest BCUT2D eigenvalue weighted by Gasteiger charge is -2.29. The Morgan fingerprint density at radius 1 is 1.35 bits per heavy atom.